The number of rotatable bonds is 5. The zero-order valence-electron chi connectivity index (χ0n) is 9.38. The molecule has 0 radical (unpaired) electrons. The van der Waals surface area contributed by atoms with Gasteiger partial charge in [-0.05, 0) is 57.5 Å². The number of halogens is 1. The molecule has 3 unspecified atom stereocenters. The van der Waals surface area contributed by atoms with Crippen LogP contribution >= 0.6 is 11.6 Å². The molecule has 2 aliphatic rings. The quantitative estimate of drug-likeness (QED) is 0.580. The Morgan fingerprint density at radius 2 is 2.20 bits per heavy atom. The first-order valence-electron chi connectivity index (χ1n) is 6.31. The Hall–Kier alpha value is 0.210. The molecule has 1 N–H and O–H groups in total. The molecule has 2 rings (SSSR count). The van der Waals surface area contributed by atoms with Crippen molar-refractivity contribution in [1.29, 1.82) is 0 Å². The van der Waals surface area contributed by atoms with Gasteiger partial charge in [-0.15, -0.1) is 11.6 Å². The minimum Gasteiger partial charge on any atom is -0.378 e. The van der Waals surface area contributed by atoms with E-state index in [1.54, 1.807) is 0 Å². The van der Waals surface area contributed by atoms with Crippen molar-refractivity contribution in [2.24, 2.45) is 5.92 Å². The van der Waals surface area contributed by atoms with Crippen LogP contribution in [0.2, 0.25) is 0 Å². The minimum absolute atomic E-state index is 0.440. The van der Waals surface area contributed by atoms with Crippen LogP contribution in [0.4, 0.5) is 0 Å². The van der Waals surface area contributed by atoms with Crippen molar-refractivity contribution in [2.75, 3.05) is 19.7 Å². The lowest BCUT2D eigenvalue weighted by Crippen LogP contribution is -2.25. The molecule has 3 heteroatoms. The summed E-state index contributed by atoms with van der Waals surface area (Å²) in [5.74, 6) is 0.817. The highest BCUT2D eigenvalue weighted by Crippen LogP contribution is 2.28. The summed E-state index contributed by atoms with van der Waals surface area (Å²) in [7, 11) is 0. The zero-order valence-corrected chi connectivity index (χ0v) is 10.1. The Morgan fingerprint density at radius 3 is 2.87 bits per heavy atom. The van der Waals surface area contributed by atoms with E-state index in [1.807, 2.05) is 0 Å². The molecule has 2 fully saturated rings. The first-order chi connectivity index (χ1) is 7.34. The van der Waals surface area contributed by atoms with E-state index < -0.39 is 0 Å². The molecule has 88 valence electrons. The van der Waals surface area contributed by atoms with E-state index >= 15 is 0 Å². The summed E-state index contributed by atoms with van der Waals surface area (Å²) in [5, 5.41) is 3.98. The van der Waals surface area contributed by atoms with Gasteiger partial charge in [-0.1, -0.05) is 0 Å². The molecule has 1 saturated heterocycles. The van der Waals surface area contributed by atoms with Crippen LogP contribution in [0.15, 0.2) is 0 Å². The van der Waals surface area contributed by atoms with E-state index in [0.717, 1.165) is 25.6 Å². The van der Waals surface area contributed by atoms with E-state index in [-0.39, 0.29) is 0 Å². The fourth-order valence-electron chi connectivity index (χ4n) is 2.64. The van der Waals surface area contributed by atoms with Gasteiger partial charge in [0.2, 0.25) is 0 Å². The molecule has 2 nitrogen and oxygen atoms in total. The Balaban J connectivity index is 1.48. The molecule has 0 aromatic carbocycles. The molecule has 0 amide bonds. The lowest BCUT2D eigenvalue weighted by atomic mass is 10.1. The summed E-state index contributed by atoms with van der Waals surface area (Å²) in [5.41, 5.74) is 0. The van der Waals surface area contributed by atoms with Gasteiger partial charge in [-0.3, -0.25) is 0 Å². The summed E-state index contributed by atoms with van der Waals surface area (Å²) in [6, 6.07) is 0. The highest BCUT2D eigenvalue weighted by molar-refractivity contribution is 6.20. The molecule has 0 aromatic heterocycles. The normalized spacial score (nSPS) is 36.2. The van der Waals surface area contributed by atoms with Gasteiger partial charge in [-0.2, -0.15) is 0 Å². The summed E-state index contributed by atoms with van der Waals surface area (Å²) in [6.07, 6.45) is 7.93. The fraction of sp³-hybridized carbons (Fsp3) is 1.00. The van der Waals surface area contributed by atoms with Crippen LogP contribution in [0.3, 0.4) is 0 Å². The third-order valence-corrected chi connectivity index (χ3v) is 3.97. The number of hydrogen-bond acceptors (Lipinski definition) is 2. The minimum atomic E-state index is 0.440. The number of alkyl halides is 1. The average Bonchev–Trinajstić information content (AvgIpc) is 2.84. The molecule has 0 aromatic rings. The molecule has 1 saturated carbocycles. The SMILES string of the molecule is ClC1CCC(CNCCC2CCCO2)C1. The predicted octanol–water partition coefficient (Wildman–Crippen LogP) is 2.55. The second-order valence-corrected chi connectivity index (χ2v) is 5.52. The van der Waals surface area contributed by atoms with Gasteiger partial charge in [0.05, 0.1) is 6.10 Å². The maximum atomic E-state index is 6.08. The Labute approximate surface area is 97.7 Å². The molecular formula is C12H22ClNO. The molecule has 1 heterocycles. The van der Waals surface area contributed by atoms with Gasteiger partial charge < -0.3 is 10.1 Å². The lowest BCUT2D eigenvalue weighted by molar-refractivity contribution is 0.104. The highest BCUT2D eigenvalue weighted by Gasteiger charge is 2.22. The molecular weight excluding hydrogens is 210 g/mol. The molecule has 0 bridgehead atoms. The monoisotopic (exact) mass is 231 g/mol. The van der Waals surface area contributed by atoms with Crippen molar-refractivity contribution in [2.45, 2.75) is 50.0 Å². The highest BCUT2D eigenvalue weighted by atomic mass is 35.5. The van der Waals surface area contributed by atoms with Crippen LogP contribution in [0.1, 0.15) is 38.5 Å². The van der Waals surface area contributed by atoms with Crippen molar-refractivity contribution in [1.82, 2.24) is 5.32 Å². The van der Waals surface area contributed by atoms with E-state index in [0.29, 0.717) is 11.5 Å². The maximum absolute atomic E-state index is 6.08. The topological polar surface area (TPSA) is 21.3 Å². The van der Waals surface area contributed by atoms with Crippen LogP contribution in [-0.2, 0) is 4.74 Å². The van der Waals surface area contributed by atoms with Crippen molar-refractivity contribution < 1.29 is 4.74 Å². The van der Waals surface area contributed by atoms with Crippen molar-refractivity contribution in [3.05, 3.63) is 0 Å². The fourth-order valence-corrected chi connectivity index (χ4v) is 3.02. The Bertz CT molecular complexity index is 182. The molecule has 1 aliphatic heterocycles. The van der Waals surface area contributed by atoms with Gasteiger partial charge in [0.25, 0.3) is 0 Å². The summed E-state index contributed by atoms with van der Waals surface area (Å²) < 4.78 is 5.58. The van der Waals surface area contributed by atoms with Gasteiger partial charge >= 0.3 is 0 Å². The second kappa shape index (κ2) is 6.07. The summed E-state index contributed by atoms with van der Waals surface area (Å²) in [4.78, 5) is 0. The van der Waals surface area contributed by atoms with Crippen LogP contribution in [0.25, 0.3) is 0 Å². The van der Waals surface area contributed by atoms with Crippen LogP contribution in [0.5, 0.6) is 0 Å². The largest absolute Gasteiger partial charge is 0.378 e. The Kier molecular flexibility index (Phi) is 4.73. The first kappa shape index (κ1) is 11.7. The van der Waals surface area contributed by atoms with E-state index in [9.17, 15) is 0 Å². The second-order valence-electron chi connectivity index (χ2n) is 4.90. The standard InChI is InChI=1S/C12H22ClNO/c13-11-4-3-10(8-11)9-14-6-5-12-2-1-7-15-12/h10-12,14H,1-9H2. The van der Waals surface area contributed by atoms with Crippen molar-refractivity contribution >= 4 is 11.6 Å². The Morgan fingerprint density at radius 1 is 1.27 bits per heavy atom. The molecule has 3 atom stereocenters. The van der Waals surface area contributed by atoms with E-state index in [4.69, 9.17) is 16.3 Å². The molecule has 1 aliphatic carbocycles. The van der Waals surface area contributed by atoms with E-state index in [2.05, 4.69) is 5.32 Å². The average molecular weight is 232 g/mol. The third kappa shape index (κ3) is 3.93. The summed E-state index contributed by atoms with van der Waals surface area (Å²) >= 11 is 6.08. The van der Waals surface area contributed by atoms with Crippen LogP contribution < -0.4 is 5.32 Å². The van der Waals surface area contributed by atoms with Gasteiger partial charge in [0.15, 0.2) is 0 Å². The van der Waals surface area contributed by atoms with Crippen molar-refractivity contribution in [3.8, 4) is 0 Å². The third-order valence-electron chi connectivity index (χ3n) is 3.58. The maximum Gasteiger partial charge on any atom is 0.0588 e. The number of hydrogen-bond donors (Lipinski definition) is 1. The predicted molar refractivity (Wildman–Crippen MR) is 63.4 cm³/mol. The number of nitrogens with one attached hydrogen (secondary N) is 1. The van der Waals surface area contributed by atoms with Crippen LogP contribution in [-0.4, -0.2) is 31.2 Å². The smallest absolute Gasteiger partial charge is 0.0588 e. The van der Waals surface area contributed by atoms with Gasteiger partial charge in [-0.25, -0.2) is 0 Å². The van der Waals surface area contributed by atoms with E-state index in [1.165, 1.54) is 38.5 Å². The lowest BCUT2D eigenvalue weighted by Gasteiger charge is -2.13. The number of ether oxygens (including phenoxy) is 1. The van der Waals surface area contributed by atoms with Crippen LogP contribution in [0, 0.1) is 5.92 Å². The van der Waals surface area contributed by atoms with Gasteiger partial charge in [0.1, 0.15) is 0 Å². The van der Waals surface area contributed by atoms with Crippen molar-refractivity contribution in [3.63, 3.8) is 0 Å². The first-order valence-corrected chi connectivity index (χ1v) is 6.74. The summed E-state index contributed by atoms with van der Waals surface area (Å²) in [6.45, 7) is 3.23. The molecule has 0 spiro atoms. The molecule has 15 heavy (non-hydrogen) atoms. The van der Waals surface area contributed by atoms with Gasteiger partial charge in [0, 0.05) is 12.0 Å². The zero-order chi connectivity index (χ0) is 10.5.